The molecule has 0 atom stereocenters. The van der Waals surface area contributed by atoms with Crippen molar-refractivity contribution >= 4 is 11.9 Å². The standard InChI is InChI=1S/C17H10F3N3O4/c18-17(19,20)11-3-1-2-9(6-11)14(24)21-16-23-22-15(27-16)10-4-5-12-13(7-10)26-8-25-12/h1-7H,8H2,(H,21,23,24). The van der Waals surface area contributed by atoms with Crippen molar-refractivity contribution < 1.29 is 31.9 Å². The van der Waals surface area contributed by atoms with Gasteiger partial charge >= 0.3 is 12.2 Å². The number of alkyl halides is 3. The molecule has 0 fully saturated rings. The van der Waals surface area contributed by atoms with Crippen LogP contribution >= 0.6 is 0 Å². The van der Waals surface area contributed by atoms with E-state index in [0.717, 1.165) is 18.2 Å². The molecule has 10 heteroatoms. The number of ether oxygens (including phenoxy) is 2. The van der Waals surface area contributed by atoms with E-state index < -0.39 is 17.6 Å². The van der Waals surface area contributed by atoms with Gasteiger partial charge in [0, 0.05) is 11.1 Å². The summed E-state index contributed by atoms with van der Waals surface area (Å²) in [5, 5.41) is 9.76. The number of benzene rings is 2. The highest BCUT2D eigenvalue weighted by Crippen LogP contribution is 2.35. The molecule has 0 bridgehead atoms. The Morgan fingerprint density at radius 3 is 2.67 bits per heavy atom. The monoisotopic (exact) mass is 377 g/mol. The van der Waals surface area contributed by atoms with Gasteiger partial charge in [0.15, 0.2) is 11.5 Å². The highest BCUT2D eigenvalue weighted by molar-refractivity contribution is 6.03. The van der Waals surface area contributed by atoms with E-state index in [4.69, 9.17) is 13.9 Å². The van der Waals surface area contributed by atoms with Crippen molar-refractivity contribution in [2.24, 2.45) is 0 Å². The second kappa shape index (κ2) is 6.31. The first-order valence-electron chi connectivity index (χ1n) is 7.62. The molecule has 1 aliphatic rings. The maximum absolute atomic E-state index is 12.8. The number of carbonyl (C=O) groups excluding carboxylic acids is 1. The van der Waals surface area contributed by atoms with Crippen molar-refractivity contribution in [1.82, 2.24) is 10.2 Å². The minimum absolute atomic E-state index is 0.104. The van der Waals surface area contributed by atoms with Crippen LogP contribution in [0, 0.1) is 0 Å². The van der Waals surface area contributed by atoms with Crippen LogP contribution in [0.25, 0.3) is 11.5 Å². The first-order chi connectivity index (χ1) is 12.9. The van der Waals surface area contributed by atoms with Crippen LogP contribution in [0.15, 0.2) is 46.9 Å². The largest absolute Gasteiger partial charge is 0.454 e. The molecule has 138 valence electrons. The van der Waals surface area contributed by atoms with Crippen LogP contribution in [0.2, 0.25) is 0 Å². The lowest BCUT2D eigenvalue weighted by molar-refractivity contribution is -0.137. The van der Waals surface area contributed by atoms with Gasteiger partial charge < -0.3 is 13.9 Å². The number of hydrogen-bond donors (Lipinski definition) is 1. The van der Waals surface area contributed by atoms with Crippen LogP contribution in [-0.4, -0.2) is 22.9 Å². The highest BCUT2D eigenvalue weighted by Gasteiger charge is 2.31. The Bertz CT molecular complexity index is 1020. The summed E-state index contributed by atoms with van der Waals surface area (Å²) >= 11 is 0. The van der Waals surface area contributed by atoms with Crippen molar-refractivity contribution in [1.29, 1.82) is 0 Å². The summed E-state index contributed by atoms with van der Waals surface area (Å²) in [5.41, 5.74) is -0.583. The number of nitrogens with one attached hydrogen (secondary N) is 1. The summed E-state index contributed by atoms with van der Waals surface area (Å²) < 4.78 is 54.1. The van der Waals surface area contributed by atoms with Crippen molar-refractivity contribution in [3.05, 3.63) is 53.6 Å². The van der Waals surface area contributed by atoms with Gasteiger partial charge in [0.1, 0.15) is 0 Å². The zero-order valence-electron chi connectivity index (χ0n) is 13.4. The fourth-order valence-electron chi connectivity index (χ4n) is 2.43. The number of amides is 1. The van der Waals surface area contributed by atoms with Crippen LogP contribution in [0.1, 0.15) is 15.9 Å². The van der Waals surface area contributed by atoms with Crippen molar-refractivity contribution in [2.75, 3.05) is 12.1 Å². The number of rotatable bonds is 3. The van der Waals surface area contributed by atoms with Crippen LogP contribution < -0.4 is 14.8 Å². The molecular formula is C17H10F3N3O4. The number of anilines is 1. The number of carbonyl (C=O) groups is 1. The van der Waals surface area contributed by atoms with Gasteiger partial charge in [-0.2, -0.15) is 13.2 Å². The normalized spacial score (nSPS) is 12.9. The smallest absolute Gasteiger partial charge is 0.416 e. The van der Waals surface area contributed by atoms with Gasteiger partial charge in [-0.1, -0.05) is 11.2 Å². The Kier molecular flexibility index (Phi) is 3.94. The molecule has 0 aliphatic carbocycles. The Morgan fingerprint density at radius 1 is 1.04 bits per heavy atom. The molecule has 1 aliphatic heterocycles. The number of aromatic nitrogens is 2. The Hall–Kier alpha value is -3.56. The molecule has 1 amide bonds. The van der Waals surface area contributed by atoms with Gasteiger partial charge in [-0.05, 0) is 36.4 Å². The zero-order valence-corrected chi connectivity index (χ0v) is 13.4. The van der Waals surface area contributed by atoms with Crippen LogP contribution in [-0.2, 0) is 6.18 Å². The van der Waals surface area contributed by atoms with Crippen LogP contribution in [0.3, 0.4) is 0 Å². The molecule has 0 saturated carbocycles. The highest BCUT2D eigenvalue weighted by atomic mass is 19.4. The van der Waals surface area contributed by atoms with E-state index in [1.165, 1.54) is 6.07 Å². The van der Waals surface area contributed by atoms with Gasteiger partial charge in [-0.15, -0.1) is 5.10 Å². The minimum Gasteiger partial charge on any atom is -0.454 e. The maximum atomic E-state index is 12.8. The van der Waals surface area contributed by atoms with Gasteiger partial charge in [0.05, 0.1) is 5.56 Å². The predicted molar refractivity (Wildman–Crippen MR) is 85.3 cm³/mol. The number of fused-ring (bicyclic) bond motifs is 1. The molecule has 2 heterocycles. The quantitative estimate of drug-likeness (QED) is 0.748. The Morgan fingerprint density at radius 2 is 1.85 bits per heavy atom. The SMILES string of the molecule is O=C(Nc1nnc(-c2ccc3c(c2)OCO3)o1)c1cccc(C(F)(F)F)c1. The van der Waals surface area contributed by atoms with Gasteiger partial charge in [-0.25, -0.2) is 0 Å². The molecule has 0 radical (unpaired) electrons. The fraction of sp³-hybridized carbons (Fsp3) is 0.118. The summed E-state index contributed by atoms with van der Waals surface area (Å²) in [6.45, 7) is 0.112. The Balaban J connectivity index is 1.52. The molecule has 3 aromatic rings. The molecule has 27 heavy (non-hydrogen) atoms. The third-order valence-corrected chi connectivity index (χ3v) is 3.72. The summed E-state index contributed by atoms with van der Waals surface area (Å²) in [4.78, 5) is 12.1. The third kappa shape index (κ3) is 3.41. The van der Waals surface area contributed by atoms with Crippen LogP contribution in [0.5, 0.6) is 11.5 Å². The second-order valence-electron chi connectivity index (χ2n) is 5.51. The molecule has 0 unspecified atom stereocenters. The minimum atomic E-state index is -4.55. The molecule has 7 nitrogen and oxygen atoms in total. The van der Waals surface area contributed by atoms with E-state index in [1.54, 1.807) is 18.2 Å². The molecule has 2 aromatic carbocycles. The summed E-state index contributed by atoms with van der Waals surface area (Å²) in [5.74, 6) is 0.395. The summed E-state index contributed by atoms with van der Waals surface area (Å²) in [6.07, 6.45) is -4.55. The van der Waals surface area contributed by atoms with Crippen molar-refractivity contribution in [2.45, 2.75) is 6.18 Å². The van der Waals surface area contributed by atoms with E-state index in [0.29, 0.717) is 17.1 Å². The number of nitrogens with zero attached hydrogens (tertiary/aromatic N) is 2. The van der Waals surface area contributed by atoms with E-state index >= 15 is 0 Å². The van der Waals surface area contributed by atoms with Crippen molar-refractivity contribution in [3.63, 3.8) is 0 Å². The van der Waals surface area contributed by atoms with E-state index in [-0.39, 0.29) is 24.3 Å². The van der Waals surface area contributed by atoms with Gasteiger partial charge in [0.2, 0.25) is 12.7 Å². The maximum Gasteiger partial charge on any atom is 0.416 e. The van der Waals surface area contributed by atoms with E-state index in [9.17, 15) is 18.0 Å². The van der Waals surface area contributed by atoms with E-state index in [2.05, 4.69) is 15.5 Å². The van der Waals surface area contributed by atoms with Gasteiger partial charge in [0.25, 0.3) is 5.91 Å². The van der Waals surface area contributed by atoms with E-state index in [1.807, 2.05) is 0 Å². The lowest BCUT2D eigenvalue weighted by Crippen LogP contribution is -2.14. The van der Waals surface area contributed by atoms with Crippen molar-refractivity contribution in [3.8, 4) is 23.0 Å². The first-order valence-corrected chi connectivity index (χ1v) is 7.62. The van der Waals surface area contributed by atoms with Crippen LogP contribution in [0.4, 0.5) is 19.2 Å². The number of hydrogen-bond acceptors (Lipinski definition) is 6. The topological polar surface area (TPSA) is 86.5 Å². The molecule has 0 spiro atoms. The Labute approximate surface area is 149 Å². The molecule has 0 saturated heterocycles. The number of halogens is 3. The lowest BCUT2D eigenvalue weighted by Gasteiger charge is -2.07. The first kappa shape index (κ1) is 16.9. The average molecular weight is 377 g/mol. The second-order valence-corrected chi connectivity index (χ2v) is 5.51. The third-order valence-electron chi connectivity index (χ3n) is 3.72. The molecule has 1 aromatic heterocycles. The predicted octanol–water partition coefficient (Wildman–Crippen LogP) is 3.74. The zero-order chi connectivity index (χ0) is 19.0. The average Bonchev–Trinajstić information content (AvgIpc) is 3.29. The van der Waals surface area contributed by atoms with Gasteiger partial charge in [-0.3, -0.25) is 10.1 Å². The molecule has 1 N–H and O–H groups in total. The summed E-state index contributed by atoms with van der Waals surface area (Å²) in [7, 11) is 0. The molecule has 4 rings (SSSR count). The molecular weight excluding hydrogens is 367 g/mol. The summed E-state index contributed by atoms with van der Waals surface area (Å²) in [6, 6.07) is 8.73. The fourth-order valence-corrected chi connectivity index (χ4v) is 2.43. The lowest BCUT2D eigenvalue weighted by atomic mass is 10.1.